The van der Waals surface area contributed by atoms with E-state index in [0.717, 1.165) is 0 Å². The molecule has 0 N–H and O–H groups in total. The Morgan fingerprint density at radius 3 is 2.76 bits per heavy atom. The molecule has 0 radical (unpaired) electrons. The second-order valence-electron chi connectivity index (χ2n) is 3.11. The van der Waals surface area contributed by atoms with Crippen molar-refractivity contribution >= 4 is 51.7 Å². The van der Waals surface area contributed by atoms with E-state index >= 15 is 0 Å². The molecule has 0 spiro atoms. The largest absolute Gasteiger partial charge is 0.367 e. The molecule has 0 aliphatic heterocycles. The molecular formula is C10H8Cl3NO3. The van der Waals surface area contributed by atoms with Gasteiger partial charge in [-0.15, -0.1) is 0 Å². The number of hydrogen-bond acceptors (Lipinski definition) is 4. The van der Waals surface area contributed by atoms with Crippen LogP contribution in [0.25, 0.3) is 0 Å². The molecule has 7 heteroatoms. The van der Waals surface area contributed by atoms with Gasteiger partial charge in [0.1, 0.15) is 0 Å². The monoisotopic (exact) mass is 295 g/mol. The van der Waals surface area contributed by atoms with Gasteiger partial charge < -0.3 is 4.84 Å². The molecule has 0 amide bonds. The summed E-state index contributed by atoms with van der Waals surface area (Å²) in [4.78, 5) is 25.0. The van der Waals surface area contributed by atoms with Crippen molar-refractivity contribution in [1.82, 2.24) is 0 Å². The number of carbonyl (C=O) groups excluding carboxylic acids is 2. The van der Waals surface area contributed by atoms with Gasteiger partial charge in [0.15, 0.2) is 0 Å². The fourth-order valence-corrected chi connectivity index (χ4v) is 1.36. The van der Waals surface area contributed by atoms with Crippen LogP contribution >= 0.6 is 34.8 Å². The number of hydrogen-bond donors (Lipinski definition) is 0. The first kappa shape index (κ1) is 14.2. The van der Waals surface area contributed by atoms with E-state index in [0.29, 0.717) is 17.7 Å². The highest BCUT2D eigenvalue weighted by atomic mass is 35.5. The molecule has 1 aliphatic carbocycles. The van der Waals surface area contributed by atoms with Gasteiger partial charge in [0.25, 0.3) is 0 Å². The van der Waals surface area contributed by atoms with Crippen molar-refractivity contribution in [3.63, 3.8) is 0 Å². The highest BCUT2D eigenvalue weighted by molar-refractivity contribution is 6.64. The zero-order valence-corrected chi connectivity index (χ0v) is 10.8. The Balaban J connectivity index is 2.72. The second-order valence-corrected chi connectivity index (χ2v) is 4.62. The van der Waals surface area contributed by atoms with E-state index in [4.69, 9.17) is 34.8 Å². The van der Waals surface area contributed by atoms with Crippen molar-refractivity contribution in [2.24, 2.45) is 5.16 Å². The van der Waals surface area contributed by atoms with Crippen LogP contribution in [0.2, 0.25) is 0 Å². The van der Waals surface area contributed by atoms with Gasteiger partial charge in [0.2, 0.25) is 10.1 Å². The van der Waals surface area contributed by atoms with Crippen molar-refractivity contribution in [1.29, 1.82) is 0 Å². The van der Waals surface area contributed by atoms with Crippen LogP contribution in [-0.2, 0) is 14.4 Å². The predicted molar refractivity (Wildman–Crippen MR) is 66.3 cm³/mol. The quantitative estimate of drug-likeness (QED) is 0.347. The van der Waals surface area contributed by atoms with Crippen LogP contribution in [-0.4, -0.2) is 21.8 Å². The zero-order chi connectivity index (χ0) is 12.8. The van der Waals surface area contributed by atoms with E-state index in [9.17, 15) is 9.59 Å². The van der Waals surface area contributed by atoms with Crippen molar-refractivity contribution in [3.8, 4) is 0 Å². The Morgan fingerprint density at radius 1 is 1.47 bits per heavy atom. The van der Waals surface area contributed by atoms with Crippen LogP contribution < -0.4 is 0 Å². The molecule has 0 unspecified atom stereocenters. The molecule has 1 aliphatic rings. The fourth-order valence-electron chi connectivity index (χ4n) is 1.14. The smallest absolute Gasteiger partial charge is 0.315 e. The van der Waals surface area contributed by atoms with Gasteiger partial charge in [0.05, 0.1) is 5.71 Å². The minimum Gasteiger partial charge on any atom is -0.315 e. The standard InChI is InChI=1S/C10H8Cl3NO3/c11-8(15)5-6-3-1-2-4-7(6)14-17-10(16)9(12)13/h1-3,9H,4-5H2. The van der Waals surface area contributed by atoms with E-state index in [1.807, 2.05) is 0 Å². The fraction of sp³-hybridized carbons (Fsp3) is 0.300. The molecule has 0 bridgehead atoms. The van der Waals surface area contributed by atoms with Gasteiger partial charge in [-0.3, -0.25) is 4.79 Å². The lowest BCUT2D eigenvalue weighted by Crippen LogP contribution is -2.13. The van der Waals surface area contributed by atoms with Gasteiger partial charge in [-0.2, -0.15) is 0 Å². The van der Waals surface area contributed by atoms with E-state index in [1.54, 1.807) is 18.2 Å². The molecule has 0 fully saturated rings. The van der Waals surface area contributed by atoms with E-state index in [-0.39, 0.29) is 6.42 Å². The SMILES string of the molecule is O=C(Cl)CC1=CC=CCC1=NOC(=O)C(Cl)Cl. The van der Waals surface area contributed by atoms with Gasteiger partial charge in [-0.05, 0) is 17.2 Å². The van der Waals surface area contributed by atoms with Gasteiger partial charge in [0, 0.05) is 12.8 Å². The van der Waals surface area contributed by atoms with Crippen LogP contribution in [0.3, 0.4) is 0 Å². The maximum absolute atomic E-state index is 11.0. The van der Waals surface area contributed by atoms with Gasteiger partial charge >= 0.3 is 5.97 Å². The first-order valence-electron chi connectivity index (χ1n) is 4.61. The van der Waals surface area contributed by atoms with Crippen LogP contribution in [0.15, 0.2) is 29.0 Å². The van der Waals surface area contributed by atoms with Crippen molar-refractivity contribution < 1.29 is 14.4 Å². The Bertz CT molecular complexity index is 413. The molecule has 0 saturated heterocycles. The summed E-state index contributed by atoms with van der Waals surface area (Å²) in [6.45, 7) is 0. The van der Waals surface area contributed by atoms with Crippen LogP contribution in [0.1, 0.15) is 12.8 Å². The van der Waals surface area contributed by atoms with Crippen LogP contribution in [0.4, 0.5) is 0 Å². The molecule has 0 saturated carbocycles. The summed E-state index contributed by atoms with van der Waals surface area (Å²) in [6, 6.07) is 0. The average Bonchev–Trinajstić information content (AvgIpc) is 2.26. The number of allylic oxidation sites excluding steroid dienone is 4. The van der Waals surface area contributed by atoms with Crippen LogP contribution in [0, 0.1) is 0 Å². The lowest BCUT2D eigenvalue weighted by atomic mass is 10.0. The van der Waals surface area contributed by atoms with E-state index in [1.165, 1.54) is 0 Å². The summed E-state index contributed by atoms with van der Waals surface area (Å²) < 4.78 is 0. The molecule has 0 heterocycles. The summed E-state index contributed by atoms with van der Waals surface area (Å²) in [5.41, 5.74) is 1.05. The van der Waals surface area contributed by atoms with Gasteiger partial charge in [-0.1, -0.05) is 46.6 Å². The number of nitrogens with zero attached hydrogens (tertiary/aromatic N) is 1. The lowest BCUT2D eigenvalue weighted by Gasteiger charge is -2.09. The molecule has 1 rings (SSSR count). The molecule has 0 atom stereocenters. The number of carbonyl (C=O) groups is 2. The molecule has 17 heavy (non-hydrogen) atoms. The van der Waals surface area contributed by atoms with E-state index in [2.05, 4.69) is 9.99 Å². The average molecular weight is 297 g/mol. The number of rotatable bonds is 4. The predicted octanol–water partition coefficient (Wildman–Crippen LogP) is 2.73. The Labute approximate surface area is 113 Å². The molecular weight excluding hydrogens is 288 g/mol. The van der Waals surface area contributed by atoms with Crippen molar-refractivity contribution in [3.05, 3.63) is 23.8 Å². The lowest BCUT2D eigenvalue weighted by molar-refractivity contribution is -0.141. The first-order valence-corrected chi connectivity index (χ1v) is 5.86. The summed E-state index contributed by atoms with van der Waals surface area (Å²) in [7, 11) is 0. The first-order chi connectivity index (χ1) is 8.00. The number of oxime groups is 1. The third-order valence-electron chi connectivity index (χ3n) is 1.87. The maximum atomic E-state index is 11.0. The summed E-state index contributed by atoms with van der Waals surface area (Å²) in [5, 5.41) is 3.09. The summed E-state index contributed by atoms with van der Waals surface area (Å²) in [6.07, 6.45) is 5.71. The Morgan fingerprint density at radius 2 is 2.18 bits per heavy atom. The Kier molecular flexibility index (Phi) is 5.68. The molecule has 0 aromatic carbocycles. The Hall–Kier alpha value is -0.840. The zero-order valence-electron chi connectivity index (χ0n) is 8.53. The molecule has 0 aromatic rings. The molecule has 0 aromatic heterocycles. The minimum atomic E-state index is -1.29. The maximum Gasteiger partial charge on any atom is 0.367 e. The minimum absolute atomic E-state index is 0.0213. The number of halogens is 3. The highest BCUT2D eigenvalue weighted by Crippen LogP contribution is 2.16. The molecule has 92 valence electrons. The molecule has 4 nitrogen and oxygen atoms in total. The number of alkyl halides is 2. The van der Waals surface area contributed by atoms with Crippen molar-refractivity contribution in [2.45, 2.75) is 17.7 Å². The second kappa shape index (κ2) is 6.79. The highest BCUT2D eigenvalue weighted by Gasteiger charge is 2.16. The van der Waals surface area contributed by atoms with Gasteiger partial charge in [-0.25, -0.2) is 4.79 Å². The van der Waals surface area contributed by atoms with Crippen LogP contribution in [0.5, 0.6) is 0 Å². The normalized spacial score (nSPS) is 17.2. The van der Waals surface area contributed by atoms with E-state index < -0.39 is 16.0 Å². The topological polar surface area (TPSA) is 55.7 Å². The third kappa shape index (κ3) is 4.89. The third-order valence-corrected chi connectivity index (χ3v) is 2.36. The summed E-state index contributed by atoms with van der Waals surface area (Å²) >= 11 is 15.8. The summed E-state index contributed by atoms with van der Waals surface area (Å²) in [5.74, 6) is -0.869. The van der Waals surface area contributed by atoms with Crippen molar-refractivity contribution in [2.75, 3.05) is 0 Å².